The van der Waals surface area contributed by atoms with E-state index in [1.807, 2.05) is 12.1 Å². The number of hydrogen-bond donors (Lipinski definition) is 1. The molecule has 0 bridgehead atoms. The number of rotatable bonds is 1. The van der Waals surface area contributed by atoms with E-state index in [1.165, 1.54) is 5.57 Å². The summed E-state index contributed by atoms with van der Waals surface area (Å²) in [7, 11) is 0. The summed E-state index contributed by atoms with van der Waals surface area (Å²) in [5.74, 6) is -0.371. The Bertz CT molecular complexity index is 493. The summed E-state index contributed by atoms with van der Waals surface area (Å²) >= 11 is 6.23. The van der Waals surface area contributed by atoms with Gasteiger partial charge in [0.25, 0.3) is 0 Å². The second-order valence-electron chi connectivity index (χ2n) is 4.78. The average Bonchev–Trinajstić information content (AvgIpc) is 2.80. The van der Waals surface area contributed by atoms with Gasteiger partial charge in [0.15, 0.2) is 5.79 Å². The number of halogens is 1. The maximum Gasteiger partial charge on any atom is 0.172 e. The Morgan fingerprint density at radius 1 is 1.22 bits per heavy atom. The fourth-order valence-corrected chi connectivity index (χ4v) is 2.91. The van der Waals surface area contributed by atoms with Gasteiger partial charge in [-0.2, -0.15) is 0 Å². The van der Waals surface area contributed by atoms with Crippen LogP contribution in [0.2, 0.25) is 5.02 Å². The summed E-state index contributed by atoms with van der Waals surface area (Å²) in [5, 5.41) is 0.713. The molecule has 0 aromatic heterocycles. The lowest BCUT2D eigenvalue weighted by atomic mass is 9.90. The molecule has 2 N–H and O–H groups in total. The van der Waals surface area contributed by atoms with Crippen LogP contribution in [-0.2, 0) is 9.47 Å². The first-order chi connectivity index (χ1) is 8.69. The van der Waals surface area contributed by atoms with Gasteiger partial charge in [-0.25, -0.2) is 0 Å². The lowest BCUT2D eigenvalue weighted by Gasteiger charge is -2.30. The Labute approximate surface area is 112 Å². The summed E-state index contributed by atoms with van der Waals surface area (Å²) in [5.41, 5.74) is 8.72. The topological polar surface area (TPSA) is 44.5 Å². The van der Waals surface area contributed by atoms with Crippen molar-refractivity contribution in [3.63, 3.8) is 0 Å². The minimum absolute atomic E-state index is 0.371. The molecule has 4 heteroatoms. The van der Waals surface area contributed by atoms with Crippen LogP contribution in [0.15, 0.2) is 24.3 Å². The van der Waals surface area contributed by atoms with Gasteiger partial charge in [0, 0.05) is 18.5 Å². The van der Waals surface area contributed by atoms with Crippen LogP contribution < -0.4 is 5.73 Å². The Kier molecular flexibility index (Phi) is 3.06. The zero-order valence-corrected chi connectivity index (χ0v) is 10.9. The van der Waals surface area contributed by atoms with Crippen molar-refractivity contribution >= 4 is 22.9 Å². The zero-order valence-electron chi connectivity index (χ0n) is 10.1. The highest BCUT2D eigenvalue weighted by Gasteiger charge is 2.37. The van der Waals surface area contributed by atoms with Gasteiger partial charge in [0.2, 0.25) is 0 Å². The molecule has 0 saturated carbocycles. The van der Waals surface area contributed by atoms with Crippen LogP contribution in [0.25, 0.3) is 5.57 Å². The molecule has 18 heavy (non-hydrogen) atoms. The molecule has 1 aromatic carbocycles. The fraction of sp³-hybridized carbons (Fsp3) is 0.429. The van der Waals surface area contributed by atoms with E-state index < -0.39 is 0 Å². The van der Waals surface area contributed by atoms with Crippen LogP contribution in [0.1, 0.15) is 24.8 Å². The summed E-state index contributed by atoms with van der Waals surface area (Å²) in [6.07, 6.45) is 4.78. The Morgan fingerprint density at radius 2 is 2.00 bits per heavy atom. The minimum Gasteiger partial charge on any atom is -0.399 e. The number of ether oxygens (including phenoxy) is 2. The normalized spacial score (nSPS) is 22.2. The van der Waals surface area contributed by atoms with Crippen LogP contribution >= 0.6 is 11.6 Å². The zero-order chi connectivity index (χ0) is 12.6. The first-order valence-corrected chi connectivity index (χ1v) is 6.59. The number of benzene rings is 1. The second-order valence-corrected chi connectivity index (χ2v) is 5.19. The lowest BCUT2D eigenvalue weighted by Crippen LogP contribution is -2.31. The van der Waals surface area contributed by atoms with E-state index >= 15 is 0 Å². The van der Waals surface area contributed by atoms with Crippen molar-refractivity contribution in [1.82, 2.24) is 0 Å². The van der Waals surface area contributed by atoms with Crippen molar-refractivity contribution in [3.05, 3.63) is 34.9 Å². The SMILES string of the molecule is Nc1ccc(C2=CCC3(CC2)OCCO3)c(Cl)c1. The fourth-order valence-electron chi connectivity index (χ4n) is 2.60. The maximum absolute atomic E-state index is 6.23. The molecule has 96 valence electrons. The summed E-state index contributed by atoms with van der Waals surface area (Å²) in [4.78, 5) is 0. The quantitative estimate of drug-likeness (QED) is 0.793. The van der Waals surface area contributed by atoms with Crippen LogP contribution in [0, 0.1) is 0 Å². The third-order valence-electron chi connectivity index (χ3n) is 3.59. The minimum atomic E-state index is -0.371. The Balaban J connectivity index is 1.84. The van der Waals surface area contributed by atoms with Crippen molar-refractivity contribution in [2.45, 2.75) is 25.0 Å². The number of nitrogens with two attached hydrogens (primary N) is 1. The number of nitrogen functional groups attached to an aromatic ring is 1. The van der Waals surface area contributed by atoms with Crippen LogP contribution in [-0.4, -0.2) is 19.0 Å². The molecule has 1 fully saturated rings. The van der Waals surface area contributed by atoms with E-state index in [2.05, 4.69) is 6.08 Å². The van der Waals surface area contributed by atoms with Gasteiger partial charge < -0.3 is 15.2 Å². The second kappa shape index (κ2) is 4.57. The molecule has 3 rings (SSSR count). The molecule has 0 radical (unpaired) electrons. The van der Waals surface area contributed by atoms with E-state index in [1.54, 1.807) is 6.07 Å². The van der Waals surface area contributed by atoms with E-state index in [0.29, 0.717) is 23.9 Å². The number of hydrogen-bond acceptors (Lipinski definition) is 3. The highest BCUT2D eigenvalue weighted by atomic mass is 35.5. The standard InChI is InChI=1S/C14H16ClNO2/c15-13-9-11(16)1-2-12(13)10-3-5-14(6-4-10)17-7-8-18-14/h1-3,9H,4-8,16H2. The van der Waals surface area contributed by atoms with Crippen molar-refractivity contribution in [3.8, 4) is 0 Å². The molecule has 0 amide bonds. The summed E-state index contributed by atoms with van der Waals surface area (Å²) in [6.45, 7) is 1.40. The molecule has 1 aromatic rings. The lowest BCUT2D eigenvalue weighted by molar-refractivity contribution is -0.159. The first-order valence-electron chi connectivity index (χ1n) is 6.21. The highest BCUT2D eigenvalue weighted by molar-refractivity contribution is 6.32. The van der Waals surface area contributed by atoms with Crippen molar-refractivity contribution in [2.75, 3.05) is 18.9 Å². The van der Waals surface area contributed by atoms with Gasteiger partial charge in [0.05, 0.1) is 18.2 Å². The number of anilines is 1. The molecule has 1 aliphatic heterocycles. The van der Waals surface area contributed by atoms with Crippen LogP contribution in [0.5, 0.6) is 0 Å². The largest absolute Gasteiger partial charge is 0.399 e. The average molecular weight is 266 g/mol. The Hall–Kier alpha value is -1.03. The molecule has 1 heterocycles. The van der Waals surface area contributed by atoms with E-state index in [9.17, 15) is 0 Å². The van der Waals surface area contributed by atoms with Crippen molar-refractivity contribution < 1.29 is 9.47 Å². The molecule has 0 unspecified atom stereocenters. The molecular formula is C14H16ClNO2. The molecule has 0 atom stereocenters. The van der Waals surface area contributed by atoms with Gasteiger partial charge in [0.1, 0.15) is 0 Å². The number of allylic oxidation sites excluding steroid dienone is 1. The predicted octanol–water partition coefficient (Wildman–Crippen LogP) is 3.23. The van der Waals surface area contributed by atoms with Gasteiger partial charge in [-0.3, -0.25) is 0 Å². The molecule has 1 aliphatic carbocycles. The monoisotopic (exact) mass is 265 g/mol. The third-order valence-corrected chi connectivity index (χ3v) is 3.90. The maximum atomic E-state index is 6.23. The summed E-state index contributed by atoms with van der Waals surface area (Å²) < 4.78 is 11.4. The van der Waals surface area contributed by atoms with Gasteiger partial charge in [-0.15, -0.1) is 0 Å². The van der Waals surface area contributed by atoms with Gasteiger partial charge in [-0.1, -0.05) is 23.7 Å². The molecule has 1 spiro atoms. The first kappa shape index (κ1) is 12.0. The van der Waals surface area contributed by atoms with Crippen LogP contribution in [0.3, 0.4) is 0 Å². The highest BCUT2D eigenvalue weighted by Crippen LogP contribution is 2.39. The van der Waals surface area contributed by atoms with Crippen molar-refractivity contribution in [1.29, 1.82) is 0 Å². The van der Waals surface area contributed by atoms with Gasteiger partial charge in [-0.05, 0) is 29.7 Å². The summed E-state index contributed by atoms with van der Waals surface area (Å²) in [6, 6.07) is 5.66. The van der Waals surface area contributed by atoms with Crippen LogP contribution in [0.4, 0.5) is 5.69 Å². The molecule has 1 saturated heterocycles. The third kappa shape index (κ3) is 2.14. The predicted molar refractivity (Wildman–Crippen MR) is 72.3 cm³/mol. The smallest absolute Gasteiger partial charge is 0.172 e. The molecular weight excluding hydrogens is 250 g/mol. The molecule has 2 aliphatic rings. The van der Waals surface area contributed by atoms with Crippen molar-refractivity contribution in [2.24, 2.45) is 0 Å². The molecule has 3 nitrogen and oxygen atoms in total. The van der Waals surface area contributed by atoms with E-state index in [-0.39, 0.29) is 5.79 Å². The van der Waals surface area contributed by atoms with E-state index in [0.717, 1.165) is 24.8 Å². The van der Waals surface area contributed by atoms with Gasteiger partial charge >= 0.3 is 0 Å². The Morgan fingerprint density at radius 3 is 2.61 bits per heavy atom. The van der Waals surface area contributed by atoms with E-state index in [4.69, 9.17) is 26.8 Å².